The van der Waals surface area contributed by atoms with Crippen LogP contribution < -0.4 is 31.9 Å². The van der Waals surface area contributed by atoms with Gasteiger partial charge in [-0.15, -0.1) is 0 Å². The maximum atomic E-state index is 14.6. The topological polar surface area (TPSA) is 285 Å². The third-order valence-electron chi connectivity index (χ3n) is 13.3. The van der Waals surface area contributed by atoms with E-state index in [1.165, 1.54) is 31.2 Å². The molecule has 1 aliphatic carbocycles. The number of carboxylic acid groups (broad SMARTS) is 2. The van der Waals surface area contributed by atoms with Crippen LogP contribution in [0.1, 0.15) is 93.2 Å². The van der Waals surface area contributed by atoms with Crippen molar-refractivity contribution >= 4 is 58.3 Å². The minimum absolute atomic E-state index is 0.0408. The van der Waals surface area contributed by atoms with E-state index in [0.29, 0.717) is 30.4 Å². The SMILES string of the molecule is CC[C@H](C)[C@H](NC(=O)[C@H](Cc1ccc(O)cc1)NC(=O)[C@H](CC(=O)O)NC(=O)[C@H](CC(C)C)NC(=O)[C@H](NC(C)=O)C1c2ccccc2CCc2ccccc21)C(=O)N[C@@H](Cc1c[nH]c2ccccc12)C(=O)O. The summed E-state index contributed by atoms with van der Waals surface area (Å²) < 4.78 is 0. The van der Waals surface area contributed by atoms with Gasteiger partial charge >= 0.3 is 11.9 Å². The van der Waals surface area contributed by atoms with Gasteiger partial charge in [-0.2, -0.15) is 0 Å². The lowest BCUT2D eigenvalue weighted by Crippen LogP contribution is -2.61. The molecule has 0 unspecified atom stereocenters. The number of hydrogen-bond donors (Lipinski definition) is 10. The first kappa shape index (κ1) is 54.3. The van der Waals surface area contributed by atoms with Gasteiger partial charge in [-0.05, 0) is 82.7 Å². The number of phenols is 1. The highest BCUT2D eigenvalue weighted by Gasteiger charge is 2.39. The molecule has 4 aromatic carbocycles. The molecule has 386 valence electrons. The minimum atomic E-state index is -1.80. The number of aromatic amines is 1. The predicted octanol–water partition coefficient (Wildman–Crippen LogP) is 4.17. The van der Waals surface area contributed by atoms with Crippen molar-refractivity contribution in [2.45, 2.75) is 122 Å². The number of carbonyl (C=O) groups excluding carboxylic acids is 6. The van der Waals surface area contributed by atoms with Crippen LogP contribution >= 0.6 is 0 Å². The summed E-state index contributed by atoms with van der Waals surface area (Å²) in [5, 5.41) is 47.0. The number of benzene rings is 4. The molecule has 0 saturated carbocycles. The van der Waals surface area contributed by atoms with Gasteiger partial charge in [-0.3, -0.25) is 33.6 Å². The molecule has 0 radical (unpaired) electrons. The van der Waals surface area contributed by atoms with Gasteiger partial charge in [0.05, 0.1) is 6.42 Å². The Bertz CT molecular complexity index is 2760. The van der Waals surface area contributed by atoms with Crippen LogP contribution in [0.5, 0.6) is 5.75 Å². The number of rotatable bonds is 23. The zero-order chi connectivity index (χ0) is 52.9. The normalized spacial score (nSPS) is 15.1. The molecule has 6 rings (SSSR count). The molecule has 0 aliphatic heterocycles. The Balaban J connectivity index is 1.24. The Hall–Kier alpha value is -8.02. The second-order valence-corrected chi connectivity index (χ2v) is 19.2. The van der Waals surface area contributed by atoms with Crippen molar-refractivity contribution in [3.8, 4) is 5.75 Å². The first-order valence-electron chi connectivity index (χ1n) is 24.5. The number of aryl methyl sites for hydroxylation is 2. The number of aliphatic carboxylic acids is 2. The number of hydrogen-bond acceptors (Lipinski definition) is 9. The summed E-state index contributed by atoms with van der Waals surface area (Å²) in [6.45, 7) is 8.37. The Morgan fingerprint density at radius 3 is 1.75 bits per heavy atom. The third kappa shape index (κ3) is 14.3. The van der Waals surface area contributed by atoms with Crippen molar-refractivity contribution in [3.63, 3.8) is 0 Å². The lowest BCUT2D eigenvalue weighted by molar-refractivity contribution is -0.142. The number of amides is 6. The molecule has 1 aromatic heterocycles. The molecular weight excluding hydrogens is 935 g/mol. The van der Waals surface area contributed by atoms with Gasteiger partial charge in [-0.25, -0.2) is 4.79 Å². The number of fused-ring (bicyclic) bond motifs is 3. The Kier molecular flexibility index (Phi) is 18.5. The molecule has 1 heterocycles. The summed E-state index contributed by atoms with van der Waals surface area (Å²) >= 11 is 0. The fourth-order valence-electron chi connectivity index (χ4n) is 9.35. The highest BCUT2D eigenvalue weighted by atomic mass is 16.4. The summed E-state index contributed by atoms with van der Waals surface area (Å²) in [7, 11) is 0. The standard InChI is InChI=1S/C55H65N7O11/c1-6-31(4)48(53(70)61-45(55(72)73)27-36-29-56-41-18-12-11-15-38(36)41)62-52(69)43(26-33-19-23-37(64)24-20-33)58-51(68)44(28-46(65)66)59-50(67)42(25-30(2)3)60-54(71)49(57-32(5)63)47-39-16-9-7-13-34(39)21-22-35-14-8-10-17-40(35)47/h7-20,23-24,29-31,42-45,47-49,56,64H,6,21-22,25-28H2,1-5H3,(H,57,63)(H,58,68)(H,59,67)(H,60,71)(H,61,70)(H,62,69)(H,65,66)(H,72,73)/t31-,42-,43-,44-,45-,48-,49+/m0/s1. The fraction of sp³-hybridized carbons (Fsp3) is 0.382. The van der Waals surface area contributed by atoms with Crippen LogP contribution in [0.4, 0.5) is 0 Å². The monoisotopic (exact) mass is 999 g/mol. The van der Waals surface area contributed by atoms with Gasteiger partial charge < -0.3 is 52.2 Å². The number of phenolic OH excluding ortho intramolecular Hbond substituents is 1. The van der Waals surface area contributed by atoms with Gasteiger partial charge in [0.2, 0.25) is 35.4 Å². The van der Waals surface area contributed by atoms with Crippen LogP contribution in [0.2, 0.25) is 0 Å². The lowest BCUT2D eigenvalue weighted by Gasteiger charge is -2.31. The highest BCUT2D eigenvalue weighted by Crippen LogP contribution is 2.37. The molecule has 0 bridgehead atoms. The molecule has 18 nitrogen and oxygen atoms in total. The largest absolute Gasteiger partial charge is 0.508 e. The Labute approximate surface area is 423 Å². The van der Waals surface area contributed by atoms with Crippen molar-refractivity contribution in [1.82, 2.24) is 36.9 Å². The van der Waals surface area contributed by atoms with Gasteiger partial charge in [0.1, 0.15) is 42.0 Å². The molecule has 7 atom stereocenters. The fourth-order valence-corrected chi connectivity index (χ4v) is 9.35. The van der Waals surface area contributed by atoms with E-state index in [2.05, 4.69) is 36.9 Å². The molecular formula is C55H65N7O11. The Morgan fingerprint density at radius 2 is 1.16 bits per heavy atom. The number of para-hydroxylation sites is 1. The Morgan fingerprint density at radius 1 is 0.616 bits per heavy atom. The number of carbonyl (C=O) groups is 8. The van der Waals surface area contributed by atoms with Crippen LogP contribution in [0, 0.1) is 11.8 Å². The maximum absolute atomic E-state index is 14.6. The number of carboxylic acids is 2. The van der Waals surface area contributed by atoms with Crippen molar-refractivity contribution in [2.24, 2.45) is 11.8 Å². The minimum Gasteiger partial charge on any atom is -0.508 e. The maximum Gasteiger partial charge on any atom is 0.326 e. The van der Waals surface area contributed by atoms with Crippen molar-refractivity contribution in [1.29, 1.82) is 0 Å². The summed E-state index contributed by atoms with van der Waals surface area (Å²) in [6, 6.07) is 19.8. The molecule has 0 fully saturated rings. The number of aromatic hydroxyl groups is 1. The average Bonchev–Trinajstić information content (AvgIpc) is 3.68. The molecule has 6 amide bonds. The van der Waals surface area contributed by atoms with E-state index >= 15 is 0 Å². The summed E-state index contributed by atoms with van der Waals surface area (Å²) in [5.74, 6) is -9.14. The van der Waals surface area contributed by atoms with Crippen LogP contribution in [-0.4, -0.2) is 104 Å². The number of aromatic nitrogens is 1. The van der Waals surface area contributed by atoms with Crippen molar-refractivity contribution < 1.29 is 53.7 Å². The second kappa shape index (κ2) is 24.9. The van der Waals surface area contributed by atoms with Gasteiger partial charge in [0, 0.05) is 42.8 Å². The number of nitrogens with one attached hydrogen (secondary N) is 7. The quantitative estimate of drug-likeness (QED) is 0.0443. The molecule has 73 heavy (non-hydrogen) atoms. The predicted molar refractivity (Wildman–Crippen MR) is 272 cm³/mol. The van der Waals surface area contributed by atoms with E-state index in [9.17, 15) is 53.7 Å². The van der Waals surface area contributed by atoms with Crippen LogP contribution in [0.15, 0.2) is 103 Å². The van der Waals surface area contributed by atoms with Gasteiger partial charge in [0.15, 0.2) is 0 Å². The van der Waals surface area contributed by atoms with E-state index < -0.39 is 102 Å². The summed E-state index contributed by atoms with van der Waals surface area (Å²) in [6.07, 6.45) is 2.19. The molecule has 0 saturated heterocycles. The zero-order valence-electron chi connectivity index (χ0n) is 41.6. The van der Waals surface area contributed by atoms with Crippen LogP contribution in [-0.2, 0) is 64.0 Å². The molecule has 5 aromatic rings. The molecule has 10 N–H and O–H groups in total. The van der Waals surface area contributed by atoms with Crippen molar-refractivity contribution in [2.75, 3.05) is 0 Å². The molecule has 18 heteroatoms. The lowest BCUT2D eigenvalue weighted by atomic mass is 9.82. The van der Waals surface area contributed by atoms with E-state index in [-0.39, 0.29) is 30.9 Å². The van der Waals surface area contributed by atoms with Crippen LogP contribution in [0.25, 0.3) is 10.9 Å². The third-order valence-corrected chi connectivity index (χ3v) is 13.3. The summed E-state index contributed by atoms with van der Waals surface area (Å²) in [5.41, 5.74) is 5.51. The first-order chi connectivity index (χ1) is 34.8. The van der Waals surface area contributed by atoms with Crippen LogP contribution in [0.3, 0.4) is 0 Å². The van der Waals surface area contributed by atoms with Gasteiger partial charge in [0.25, 0.3) is 0 Å². The van der Waals surface area contributed by atoms with E-state index in [1.54, 1.807) is 26.1 Å². The highest BCUT2D eigenvalue weighted by molar-refractivity contribution is 5.98. The zero-order valence-corrected chi connectivity index (χ0v) is 41.6. The van der Waals surface area contributed by atoms with Gasteiger partial charge in [-0.1, -0.05) is 113 Å². The average molecular weight is 1000 g/mol. The smallest absolute Gasteiger partial charge is 0.326 e. The second-order valence-electron chi connectivity index (χ2n) is 19.2. The van der Waals surface area contributed by atoms with E-state index in [1.807, 2.05) is 80.6 Å². The van der Waals surface area contributed by atoms with E-state index in [4.69, 9.17) is 0 Å². The van der Waals surface area contributed by atoms with E-state index in [0.717, 1.165) is 33.2 Å². The molecule has 1 aliphatic rings. The first-order valence-corrected chi connectivity index (χ1v) is 24.5. The number of H-pyrrole nitrogens is 1. The molecule has 0 spiro atoms. The summed E-state index contributed by atoms with van der Waals surface area (Å²) in [4.78, 5) is 113. The van der Waals surface area contributed by atoms with Crippen molar-refractivity contribution in [3.05, 3.63) is 137 Å².